The Bertz CT molecular complexity index is 291. The number of piperazine rings is 1. The maximum atomic E-state index is 12.0. The molecular weight excluding hydrogens is 276 g/mol. The van der Waals surface area contributed by atoms with Crippen LogP contribution in [0.15, 0.2) is 0 Å². The molecule has 20 heavy (non-hydrogen) atoms. The van der Waals surface area contributed by atoms with Crippen molar-refractivity contribution in [2.75, 3.05) is 39.8 Å². The lowest BCUT2D eigenvalue weighted by Crippen LogP contribution is -2.55. The maximum absolute atomic E-state index is 12.0. The summed E-state index contributed by atoms with van der Waals surface area (Å²) in [7, 11) is 2.15. The van der Waals surface area contributed by atoms with E-state index in [4.69, 9.17) is 5.73 Å². The molecule has 1 rings (SSSR count). The Morgan fingerprint density at radius 1 is 1.35 bits per heavy atom. The standard InChI is InChI=1S/C14H30N4O.ClH/c1-5-6-14(3,15)13(19)16-11-12(2)18-9-7-17(4)8-10-18;/h12H,5-11,15H2,1-4H3,(H,16,19);1H. The predicted octanol–water partition coefficient (Wildman–Crippen LogP) is 0.678. The molecule has 1 heterocycles. The average Bonchev–Trinajstić information content (AvgIpc) is 2.36. The molecule has 2 atom stereocenters. The van der Waals surface area contributed by atoms with Crippen LogP contribution in [0.4, 0.5) is 0 Å². The van der Waals surface area contributed by atoms with Gasteiger partial charge in [-0.1, -0.05) is 13.3 Å². The van der Waals surface area contributed by atoms with Crippen LogP contribution in [-0.4, -0.2) is 67.1 Å². The summed E-state index contributed by atoms with van der Waals surface area (Å²) < 4.78 is 0. The van der Waals surface area contributed by atoms with Gasteiger partial charge in [-0.25, -0.2) is 0 Å². The molecule has 0 spiro atoms. The molecule has 6 heteroatoms. The second-order valence-electron chi connectivity index (χ2n) is 6.07. The van der Waals surface area contributed by atoms with Crippen molar-refractivity contribution in [3.8, 4) is 0 Å². The fourth-order valence-corrected chi connectivity index (χ4v) is 2.47. The van der Waals surface area contributed by atoms with E-state index in [1.165, 1.54) is 0 Å². The quantitative estimate of drug-likeness (QED) is 0.757. The summed E-state index contributed by atoms with van der Waals surface area (Å²) in [6.45, 7) is 11.0. The lowest BCUT2D eigenvalue weighted by molar-refractivity contribution is -0.126. The van der Waals surface area contributed by atoms with Crippen LogP contribution >= 0.6 is 12.4 Å². The molecule has 120 valence electrons. The van der Waals surface area contributed by atoms with Gasteiger partial charge >= 0.3 is 0 Å². The number of carbonyl (C=O) groups excluding carboxylic acids is 1. The number of halogens is 1. The molecule has 1 aliphatic rings. The lowest BCUT2D eigenvalue weighted by atomic mass is 9.96. The summed E-state index contributed by atoms with van der Waals surface area (Å²) in [4.78, 5) is 16.8. The smallest absolute Gasteiger partial charge is 0.239 e. The molecule has 0 radical (unpaired) electrons. The Hall–Kier alpha value is -0.360. The number of amides is 1. The van der Waals surface area contributed by atoms with Gasteiger partial charge in [0.15, 0.2) is 0 Å². The molecule has 0 aromatic heterocycles. The van der Waals surface area contributed by atoms with Crippen LogP contribution in [0.25, 0.3) is 0 Å². The highest BCUT2D eigenvalue weighted by atomic mass is 35.5. The summed E-state index contributed by atoms with van der Waals surface area (Å²) in [5, 5.41) is 3.00. The largest absolute Gasteiger partial charge is 0.353 e. The van der Waals surface area contributed by atoms with Crippen LogP contribution in [0.1, 0.15) is 33.6 Å². The van der Waals surface area contributed by atoms with Crippen LogP contribution < -0.4 is 11.1 Å². The molecule has 0 bridgehead atoms. The van der Waals surface area contributed by atoms with E-state index in [1.807, 2.05) is 13.8 Å². The molecule has 1 aliphatic heterocycles. The van der Waals surface area contributed by atoms with Crippen LogP contribution in [0.3, 0.4) is 0 Å². The third-order valence-corrected chi connectivity index (χ3v) is 4.01. The highest BCUT2D eigenvalue weighted by molar-refractivity contribution is 5.85. The normalized spacial score (nSPS) is 21.6. The minimum atomic E-state index is -0.739. The lowest BCUT2D eigenvalue weighted by Gasteiger charge is -2.36. The van der Waals surface area contributed by atoms with Gasteiger partial charge in [0.2, 0.25) is 5.91 Å². The first-order valence-electron chi connectivity index (χ1n) is 7.36. The number of hydrogen-bond acceptors (Lipinski definition) is 4. The minimum absolute atomic E-state index is 0. The van der Waals surface area contributed by atoms with Crippen molar-refractivity contribution < 1.29 is 4.79 Å². The fraction of sp³-hybridized carbons (Fsp3) is 0.929. The second-order valence-corrected chi connectivity index (χ2v) is 6.07. The molecule has 1 amide bonds. The Balaban J connectivity index is 0.00000361. The molecule has 0 aromatic rings. The van der Waals surface area contributed by atoms with E-state index < -0.39 is 5.54 Å². The summed E-state index contributed by atoms with van der Waals surface area (Å²) in [5.74, 6) is -0.0321. The SMILES string of the molecule is CCCC(C)(N)C(=O)NCC(C)N1CCN(C)CC1.Cl. The van der Waals surface area contributed by atoms with Crippen LogP contribution in [-0.2, 0) is 4.79 Å². The molecule has 0 aliphatic carbocycles. The van der Waals surface area contributed by atoms with Gasteiger partial charge in [0.05, 0.1) is 5.54 Å². The van der Waals surface area contributed by atoms with Crippen molar-refractivity contribution in [3.63, 3.8) is 0 Å². The van der Waals surface area contributed by atoms with E-state index in [0.717, 1.165) is 39.0 Å². The van der Waals surface area contributed by atoms with Gasteiger partial charge in [0.1, 0.15) is 0 Å². The third-order valence-electron chi connectivity index (χ3n) is 4.01. The van der Waals surface area contributed by atoms with E-state index in [-0.39, 0.29) is 18.3 Å². The number of carbonyl (C=O) groups is 1. The Labute approximate surface area is 129 Å². The minimum Gasteiger partial charge on any atom is -0.353 e. The topological polar surface area (TPSA) is 61.6 Å². The van der Waals surface area contributed by atoms with Gasteiger partial charge in [-0.3, -0.25) is 9.69 Å². The van der Waals surface area contributed by atoms with Crippen molar-refractivity contribution >= 4 is 18.3 Å². The first-order valence-corrected chi connectivity index (χ1v) is 7.36. The van der Waals surface area contributed by atoms with Crippen LogP contribution in [0.5, 0.6) is 0 Å². The number of rotatable bonds is 6. The summed E-state index contributed by atoms with van der Waals surface area (Å²) >= 11 is 0. The molecule has 0 saturated carbocycles. The van der Waals surface area contributed by atoms with Crippen molar-refractivity contribution in [3.05, 3.63) is 0 Å². The van der Waals surface area contributed by atoms with E-state index in [0.29, 0.717) is 12.6 Å². The van der Waals surface area contributed by atoms with Crippen LogP contribution in [0.2, 0.25) is 0 Å². The zero-order valence-corrected chi connectivity index (χ0v) is 14.1. The number of nitrogens with two attached hydrogens (primary N) is 1. The van der Waals surface area contributed by atoms with Gasteiger partial charge in [0.25, 0.3) is 0 Å². The molecular formula is C14H31ClN4O. The van der Waals surface area contributed by atoms with Gasteiger partial charge in [-0.2, -0.15) is 0 Å². The molecule has 1 fully saturated rings. The number of likely N-dealkylation sites (N-methyl/N-ethyl adjacent to an activating group) is 1. The van der Waals surface area contributed by atoms with E-state index >= 15 is 0 Å². The Morgan fingerprint density at radius 3 is 2.40 bits per heavy atom. The Morgan fingerprint density at radius 2 is 1.90 bits per heavy atom. The second kappa shape index (κ2) is 8.82. The van der Waals surface area contributed by atoms with Crippen molar-refractivity contribution in [1.29, 1.82) is 0 Å². The summed E-state index contributed by atoms with van der Waals surface area (Å²) in [6, 6.07) is 0.370. The van der Waals surface area contributed by atoms with Gasteiger partial charge in [-0.05, 0) is 27.3 Å². The average molecular weight is 307 g/mol. The monoisotopic (exact) mass is 306 g/mol. The van der Waals surface area contributed by atoms with E-state index in [2.05, 4.69) is 29.1 Å². The van der Waals surface area contributed by atoms with Gasteiger partial charge in [0, 0.05) is 38.8 Å². The van der Waals surface area contributed by atoms with Crippen molar-refractivity contribution in [2.45, 2.75) is 45.2 Å². The van der Waals surface area contributed by atoms with Gasteiger partial charge in [-0.15, -0.1) is 12.4 Å². The van der Waals surface area contributed by atoms with Crippen molar-refractivity contribution in [1.82, 2.24) is 15.1 Å². The summed E-state index contributed by atoms with van der Waals surface area (Å²) in [5.41, 5.74) is 5.28. The first kappa shape index (κ1) is 19.6. The first-order chi connectivity index (χ1) is 8.86. The zero-order chi connectivity index (χ0) is 14.5. The number of nitrogens with one attached hydrogen (secondary N) is 1. The predicted molar refractivity (Wildman–Crippen MR) is 86.3 cm³/mol. The van der Waals surface area contributed by atoms with E-state index in [9.17, 15) is 4.79 Å². The highest BCUT2D eigenvalue weighted by Crippen LogP contribution is 2.09. The summed E-state index contributed by atoms with van der Waals surface area (Å²) in [6.07, 6.45) is 1.65. The third kappa shape index (κ3) is 5.95. The fourth-order valence-electron chi connectivity index (χ4n) is 2.47. The molecule has 1 saturated heterocycles. The Kier molecular flexibility index (Phi) is 8.66. The number of hydrogen-bond donors (Lipinski definition) is 2. The van der Waals surface area contributed by atoms with Gasteiger partial charge < -0.3 is 16.0 Å². The van der Waals surface area contributed by atoms with Crippen molar-refractivity contribution in [2.24, 2.45) is 5.73 Å². The number of nitrogens with zero attached hydrogens (tertiary/aromatic N) is 2. The molecule has 5 nitrogen and oxygen atoms in total. The zero-order valence-electron chi connectivity index (χ0n) is 13.3. The van der Waals surface area contributed by atoms with E-state index in [1.54, 1.807) is 0 Å². The molecule has 2 unspecified atom stereocenters. The molecule has 0 aromatic carbocycles. The maximum Gasteiger partial charge on any atom is 0.239 e. The molecule has 3 N–H and O–H groups in total. The highest BCUT2D eigenvalue weighted by Gasteiger charge is 2.28. The van der Waals surface area contributed by atoms with Crippen LogP contribution in [0, 0.1) is 0 Å².